The molecule has 0 unspecified atom stereocenters. The van der Waals surface area contributed by atoms with Crippen molar-refractivity contribution in [2.24, 2.45) is 0 Å². The summed E-state index contributed by atoms with van der Waals surface area (Å²) >= 11 is 0. The predicted molar refractivity (Wildman–Crippen MR) is 97.4 cm³/mol. The second-order valence-corrected chi connectivity index (χ2v) is 6.96. The Morgan fingerprint density at radius 1 is 1.16 bits per heavy atom. The number of piperidine rings is 1. The van der Waals surface area contributed by atoms with Crippen LogP contribution in [0.25, 0.3) is 0 Å². The molecule has 3 saturated heterocycles. The van der Waals surface area contributed by atoms with Crippen molar-refractivity contribution in [2.45, 2.75) is 31.3 Å². The Morgan fingerprint density at radius 2 is 1.92 bits per heavy atom. The normalized spacial score (nSPS) is 22.7. The second kappa shape index (κ2) is 7.85. The van der Waals surface area contributed by atoms with Gasteiger partial charge in [-0.05, 0) is 38.8 Å². The van der Waals surface area contributed by atoms with E-state index in [4.69, 9.17) is 4.74 Å². The number of nitrogens with zero attached hydrogens (tertiary/aromatic N) is 4. The van der Waals surface area contributed by atoms with Crippen LogP contribution < -0.4 is 10.2 Å². The maximum atomic E-state index is 12.5. The number of halogens is 1. The van der Waals surface area contributed by atoms with Crippen molar-refractivity contribution in [3.8, 4) is 0 Å². The third-order valence-electron chi connectivity index (χ3n) is 5.32. The maximum Gasteiger partial charge on any atom is 0.274 e. The lowest BCUT2D eigenvalue weighted by Gasteiger charge is -2.45. The third-order valence-corrected chi connectivity index (χ3v) is 5.32. The van der Waals surface area contributed by atoms with Crippen LogP contribution in [0.3, 0.4) is 0 Å². The molecule has 0 atom stereocenters. The average Bonchev–Trinajstić information content (AvgIpc) is 3.17. The quantitative estimate of drug-likeness (QED) is 0.843. The summed E-state index contributed by atoms with van der Waals surface area (Å²) in [5.41, 5.74) is 0.375. The molecule has 0 radical (unpaired) electrons. The first-order chi connectivity index (χ1) is 11.8. The highest BCUT2D eigenvalue weighted by atomic mass is 35.5. The first kappa shape index (κ1) is 18.4. The van der Waals surface area contributed by atoms with E-state index >= 15 is 0 Å². The summed E-state index contributed by atoms with van der Waals surface area (Å²) in [6, 6.07) is 0. The van der Waals surface area contributed by atoms with E-state index in [-0.39, 0.29) is 23.9 Å². The molecule has 4 heterocycles. The van der Waals surface area contributed by atoms with Gasteiger partial charge in [-0.3, -0.25) is 9.78 Å². The van der Waals surface area contributed by atoms with Crippen LogP contribution in [0.1, 0.15) is 36.2 Å². The standard InChI is InChI=1S/C17H25N5O2.ClH/c23-16(21-7-1-2-8-21)14-11-19-12-15(20-14)22-9-10-24-17(13-22)3-5-18-6-4-17;/h11-12,18H,1-10,13H2;1H. The molecule has 0 bridgehead atoms. The zero-order valence-corrected chi connectivity index (χ0v) is 15.3. The lowest BCUT2D eigenvalue weighted by Crippen LogP contribution is -2.56. The fraction of sp³-hybridized carbons (Fsp3) is 0.706. The fourth-order valence-electron chi connectivity index (χ4n) is 3.92. The lowest BCUT2D eigenvalue weighted by atomic mass is 9.90. The molecule has 1 amide bonds. The zero-order chi connectivity index (χ0) is 16.4. The molecule has 3 fully saturated rings. The number of rotatable bonds is 2. The minimum atomic E-state index is -0.0832. The fourth-order valence-corrected chi connectivity index (χ4v) is 3.92. The summed E-state index contributed by atoms with van der Waals surface area (Å²) in [7, 11) is 0. The number of likely N-dealkylation sites (tertiary alicyclic amines) is 1. The summed E-state index contributed by atoms with van der Waals surface area (Å²) in [5.74, 6) is 0.799. The second-order valence-electron chi connectivity index (χ2n) is 6.96. The van der Waals surface area contributed by atoms with Gasteiger partial charge >= 0.3 is 0 Å². The van der Waals surface area contributed by atoms with Gasteiger partial charge in [0, 0.05) is 26.2 Å². The van der Waals surface area contributed by atoms with E-state index in [0.29, 0.717) is 12.3 Å². The molecular weight excluding hydrogens is 342 g/mol. The molecule has 0 saturated carbocycles. The van der Waals surface area contributed by atoms with E-state index in [9.17, 15) is 4.79 Å². The molecule has 1 N–H and O–H groups in total. The number of nitrogens with one attached hydrogen (secondary N) is 1. The molecule has 1 aromatic heterocycles. The molecule has 3 aliphatic rings. The highest BCUT2D eigenvalue weighted by Crippen LogP contribution is 2.29. The van der Waals surface area contributed by atoms with Gasteiger partial charge in [-0.2, -0.15) is 0 Å². The van der Waals surface area contributed by atoms with Crippen molar-refractivity contribution in [1.82, 2.24) is 20.2 Å². The zero-order valence-electron chi connectivity index (χ0n) is 14.4. The molecule has 25 heavy (non-hydrogen) atoms. The minimum absolute atomic E-state index is 0. The van der Waals surface area contributed by atoms with Crippen LogP contribution in [0.2, 0.25) is 0 Å². The van der Waals surface area contributed by atoms with E-state index in [1.165, 1.54) is 0 Å². The molecule has 7 nitrogen and oxygen atoms in total. The van der Waals surface area contributed by atoms with Crippen LogP contribution in [0.5, 0.6) is 0 Å². The number of carbonyl (C=O) groups excluding carboxylic acids is 1. The van der Waals surface area contributed by atoms with Crippen LogP contribution in [-0.4, -0.2) is 72.3 Å². The van der Waals surface area contributed by atoms with E-state index < -0.39 is 0 Å². The summed E-state index contributed by atoms with van der Waals surface area (Å²) < 4.78 is 6.11. The molecular formula is C17H26ClN5O2. The largest absolute Gasteiger partial charge is 0.371 e. The SMILES string of the molecule is Cl.O=C(c1cncc(N2CCOC3(CCNCC3)C2)n1)N1CCCC1. The molecule has 0 aromatic carbocycles. The van der Waals surface area contributed by atoms with Gasteiger partial charge in [0.15, 0.2) is 0 Å². The number of anilines is 1. The van der Waals surface area contributed by atoms with Crippen LogP contribution in [0.15, 0.2) is 12.4 Å². The number of hydrogen-bond acceptors (Lipinski definition) is 6. The van der Waals surface area contributed by atoms with E-state index in [2.05, 4.69) is 20.2 Å². The van der Waals surface area contributed by atoms with Gasteiger partial charge in [-0.25, -0.2) is 4.98 Å². The van der Waals surface area contributed by atoms with E-state index in [0.717, 1.165) is 70.8 Å². The predicted octanol–water partition coefficient (Wildman–Crippen LogP) is 1.09. The number of carbonyl (C=O) groups is 1. The molecule has 0 aliphatic carbocycles. The van der Waals surface area contributed by atoms with Crippen LogP contribution in [-0.2, 0) is 4.74 Å². The monoisotopic (exact) mass is 367 g/mol. The van der Waals surface area contributed by atoms with Gasteiger partial charge in [0.1, 0.15) is 11.5 Å². The Bertz CT molecular complexity index is 597. The molecule has 4 rings (SSSR count). The first-order valence-corrected chi connectivity index (χ1v) is 8.97. The topological polar surface area (TPSA) is 70.6 Å². The Labute approximate surface area is 154 Å². The molecule has 3 aliphatic heterocycles. The molecule has 1 aromatic rings. The summed E-state index contributed by atoms with van der Waals surface area (Å²) in [5, 5.41) is 3.39. The molecule has 8 heteroatoms. The third kappa shape index (κ3) is 3.88. The van der Waals surface area contributed by atoms with Gasteiger partial charge in [0.25, 0.3) is 5.91 Å². The van der Waals surface area contributed by atoms with Crippen molar-refractivity contribution in [3.05, 3.63) is 18.1 Å². The molecule has 1 spiro atoms. The highest BCUT2D eigenvalue weighted by Gasteiger charge is 2.38. The van der Waals surface area contributed by atoms with Gasteiger partial charge in [-0.1, -0.05) is 0 Å². The van der Waals surface area contributed by atoms with Gasteiger partial charge in [0.2, 0.25) is 0 Å². The van der Waals surface area contributed by atoms with Crippen molar-refractivity contribution >= 4 is 24.1 Å². The number of ether oxygens (including phenoxy) is 1. The van der Waals surface area contributed by atoms with E-state index in [1.54, 1.807) is 12.4 Å². The van der Waals surface area contributed by atoms with Gasteiger partial charge < -0.3 is 19.9 Å². The van der Waals surface area contributed by atoms with Gasteiger partial charge in [0.05, 0.1) is 24.6 Å². The Morgan fingerprint density at radius 3 is 2.68 bits per heavy atom. The van der Waals surface area contributed by atoms with Crippen molar-refractivity contribution in [1.29, 1.82) is 0 Å². The summed E-state index contributed by atoms with van der Waals surface area (Å²) in [4.78, 5) is 25.6. The first-order valence-electron chi connectivity index (χ1n) is 8.97. The summed E-state index contributed by atoms with van der Waals surface area (Å²) in [6.45, 7) is 5.97. The Balaban J connectivity index is 0.00000182. The van der Waals surface area contributed by atoms with E-state index in [1.807, 2.05) is 4.90 Å². The van der Waals surface area contributed by atoms with Crippen molar-refractivity contribution < 1.29 is 9.53 Å². The molecule has 138 valence electrons. The highest BCUT2D eigenvalue weighted by molar-refractivity contribution is 5.92. The van der Waals surface area contributed by atoms with Crippen LogP contribution >= 0.6 is 12.4 Å². The van der Waals surface area contributed by atoms with Crippen molar-refractivity contribution in [2.75, 3.05) is 50.8 Å². The van der Waals surface area contributed by atoms with Gasteiger partial charge in [-0.15, -0.1) is 12.4 Å². The Hall–Kier alpha value is -1.44. The Kier molecular flexibility index (Phi) is 5.76. The maximum absolute atomic E-state index is 12.5. The number of hydrogen-bond donors (Lipinski definition) is 1. The average molecular weight is 368 g/mol. The smallest absolute Gasteiger partial charge is 0.274 e. The van der Waals surface area contributed by atoms with Crippen molar-refractivity contribution in [3.63, 3.8) is 0 Å². The van der Waals surface area contributed by atoms with Crippen LogP contribution in [0.4, 0.5) is 5.82 Å². The lowest BCUT2D eigenvalue weighted by molar-refractivity contribution is -0.0740. The minimum Gasteiger partial charge on any atom is -0.371 e. The number of amides is 1. The number of aromatic nitrogens is 2. The summed E-state index contributed by atoms with van der Waals surface area (Å²) in [6.07, 6.45) is 7.55. The van der Waals surface area contributed by atoms with Crippen LogP contribution in [0, 0.1) is 0 Å². The number of morpholine rings is 1.